The highest BCUT2D eigenvalue weighted by Crippen LogP contribution is 2.23. The molecule has 2 amide bonds. The van der Waals surface area contributed by atoms with Crippen LogP contribution in [0.25, 0.3) is 0 Å². The zero-order chi connectivity index (χ0) is 18.7. The number of ether oxygens (including phenoxy) is 1. The van der Waals surface area contributed by atoms with Gasteiger partial charge in [0.15, 0.2) is 0 Å². The Bertz CT molecular complexity index is 667. The lowest BCUT2D eigenvalue weighted by molar-refractivity contribution is -0.142. The average Bonchev–Trinajstić information content (AvgIpc) is 3.16. The maximum Gasteiger partial charge on any atom is 0.252 e. The second-order valence-corrected chi connectivity index (χ2v) is 6.78. The highest BCUT2D eigenvalue weighted by Gasteiger charge is 2.30. The number of rotatable bonds is 5. The Hall–Kier alpha value is -2.16. The van der Waals surface area contributed by atoms with E-state index in [-0.39, 0.29) is 23.3 Å². The number of aliphatic hydroxyl groups excluding tert-OH is 1. The minimum Gasteiger partial charge on any atom is -0.507 e. The largest absolute Gasteiger partial charge is 0.507 e. The van der Waals surface area contributed by atoms with Gasteiger partial charge >= 0.3 is 0 Å². The number of primary amides is 1. The Morgan fingerprint density at radius 2 is 2.00 bits per heavy atom. The fourth-order valence-electron chi connectivity index (χ4n) is 3.44. The predicted molar refractivity (Wildman–Crippen MR) is 93.6 cm³/mol. The molecule has 0 saturated carbocycles. The van der Waals surface area contributed by atoms with Crippen LogP contribution in [0, 0.1) is 0 Å². The molecule has 2 heterocycles. The Kier molecular flexibility index (Phi) is 5.75. The quantitative estimate of drug-likeness (QED) is 0.670. The Morgan fingerprint density at radius 1 is 1.27 bits per heavy atom. The van der Waals surface area contributed by atoms with Crippen LogP contribution < -0.4 is 5.73 Å². The SMILES string of the molecule is NC(=O)c1cc(C(O)CN2CCN(C(=O)C3CCCO3)CC2)ccc1O. The Balaban J connectivity index is 1.53. The summed E-state index contributed by atoms with van der Waals surface area (Å²) in [5.74, 6) is -0.875. The molecule has 0 spiro atoms. The number of amides is 2. The number of hydrogen-bond donors (Lipinski definition) is 3. The maximum atomic E-state index is 12.3. The molecular weight excluding hydrogens is 338 g/mol. The molecule has 0 radical (unpaired) electrons. The molecule has 26 heavy (non-hydrogen) atoms. The lowest BCUT2D eigenvalue weighted by Gasteiger charge is -2.36. The molecule has 1 aromatic rings. The Labute approximate surface area is 152 Å². The number of aliphatic hydroxyl groups is 1. The molecule has 2 aliphatic rings. The molecule has 1 aromatic carbocycles. The van der Waals surface area contributed by atoms with Crippen molar-refractivity contribution in [1.29, 1.82) is 0 Å². The van der Waals surface area contributed by atoms with Gasteiger partial charge in [-0.05, 0) is 30.5 Å². The molecular formula is C18H25N3O5. The number of nitrogens with two attached hydrogens (primary N) is 1. The van der Waals surface area contributed by atoms with Gasteiger partial charge in [-0.2, -0.15) is 0 Å². The monoisotopic (exact) mass is 363 g/mol. The summed E-state index contributed by atoms with van der Waals surface area (Å²) in [6.07, 6.45) is 0.619. The second kappa shape index (κ2) is 8.03. The van der Waals surface area contributed by atoms with E-state index in [0.29, 0.717) is 44.9 Å². The number of aromatic hydroxyl groups is 1. The van der Waals surface area contributed by atoms with Crippen molar-refractivity contribution < 1.29 is 24.5 Å². The number of phenols is 1. The molecule has 0 bridgehead atoms. The van der Waals surface area contributed by atoms with Crippen LogP contribution in [0.5, 0.6) is 5.75 Å². The molecule has 8 nitrogen and oxygen atoms in total. The first-order chi connectivity index (χ1) is 12.5. The molecule has 2 aliphatic heterocycles. The van der Waals surface area contributed by atoms with Crippen LogP contribution in [0.1, 0.15) is 34.9 Å². The smallest absolute Gasteiger partial charge is 0.252 e. The maximum absolute atomic E-state index is 12.3. The molecule has 2 unspecified atom stereocenters. The number of piperazine rings is 1. The van der Waals surface area contributed by atoms with Gasteiger partial charge in [0.2, 0.25) is 0 Å². The van der Waals surface area contributed by atoms with Gasteiger partial charge in [-0.25, -0.2) is 0 Å². The van der Waals surface area contributed by atoms with E-state index in [4.69, 9.17) is 10.5 Å². The molecule has 0 aromatic heterocycles. The molecule has 2 atom stereocenters. The first-order valence-electron chi connectivity index (χ1n) is 8.89. The first kappa shape index (κ1) is 18.6. The second-order valence-electron chi connectivity index (χ2n) is 6.78. The summed E-state index contributed by atoms with van der Waals surface area (Å²) in [5.41, 5.74) is 5.74. The number of carbonyl (C=O) groups is 2. The van der Waals surface area contributed by atoms with Crippen molar-refractivity contribution in [3.63, 3.8) is 0 Å². The number of nitrogens with zero attached hydrogens (tertiary/aromatic N) is 2. The summed E-state index contributed by atoms with van der Waals surface area (Å²) in [4.78, 5) is 27.6. The van der Waals surface area contributed by atoms with Gasteiger partial charge in [0.05, 0.1) is 11.7 Å². The fourth-order valence-corrected chi connectivity index (χ4v) is 3.44. The lowest BCUT2D eigenvalue weighted by Crippen LogP contribution is -2.52. The van der Waals surface area contributed by atoms with Gasteiger partial charge in [-0.15, -0.1) is 0 Å². The third-order valence-corrected chi connectivity index (χ3v) is 4.99. The van der Waals surface area contributed by atoms with Crippen molar-refractivity contribution in [2.24, 2.45) is 5.73 Å². The van der Waals surface area contributed by atoms with E-state index in [1.165, 1.54) is 12.1 Å². The third-order valence-electron chi connectivity index (χ3n) is 4.99. The van der Waals surface area contributed by atoms with Gasteiger partial charge in [0, 0.05) is 39.3 Å². The molecule has 3 rings (SSSR count). The minimum atomic E-state index is -0.811. The van der Waals surface area contributed by atoms with Crippen LogP contribution in [0.2, 0.25) is 0 Å². The zero-order valence-corrected chi connectivity index (χ0v) is 14.6. The number of benzene rings is 1. The van der Waals surface area contributed by atoms with Crippen LogP contribution in [-0.4, -0.2) is 77.3 Å². The van der Waals surface area contributed by atoms with Gasteiger partial charge in [0.25, 0.3) is 11.8 Å². The van der Waals surface area contributed by atoms with Crippen LogP contribution in [0.4, 0.5) is 0 Å². The normalized spacial score (nSPS) is 22.3. The number of hydrogen-bond acceptors (Lipinski definition) is 6. The minimum absolute atomic E-state index is 0.00599. The van der Waals surface area contributed by atoms with Crippen LogP contribution in [0.15, 0.2) is 18.2 Å². The summed E-state index contributed by atoms with van der Waals surface area (Å²) in [7, 11) is 0. The first-order valence-corrected chi connectivity index (χ1v) is 8.89. The molecule has 4 N–H and O–H groups in total. The molecule has 0 aliphatic carbocycles. The fraction of sp³-hybridized carbons (Fsp3) is 0.556. The number of β-amino-alcohol motifs (C(OH)–C–C–N with tert-alkyl or cyclic N) is 1. The zero-order valence-electron chi connectivity index (χ0n) is 14.6. The Morgan fingerprint density at radius 3 is 2.62 bits per heavy atom. The standard InChI is InChI=1S/C18H25N3O5/c19-17(24)13-10-12(3-4-14(13)22)15(23)11-20-5-7-21(8-6-20)18(25)16-2-1-9-26-16/h3-4,10,15-16,22-23H,1-2,5-9,11H2,(H2,19,24). The van der Waals surface area contributed by atoms with E-state index in [1.54, 1.807) is 6.07 Å². The van der Waals surface area contributed by atoms with E-state index >= 15 is 0 Å². The third kappa shape index (κ3) is 4.14. The van der Waals surface area contributed by atoms with Crippen molar-refractivity contribution in [1.82, 2.24) is 9.80 Å². The topological polar surface area (TPSA) is 116 Å². The summed E-state index contributed by atoms with van der Waals surface area (Å²) >= 11 is 0. The summed E-state index contributed by atoms with van der Waals surface area (Å²) in [6, 6.07) is 4.35. The molecule has 2 saturated heterocycles. The molecule has 8 heteroatoms. The van der Waals surface area contributed by atoms with Gasteiger partial charge in [-0.1, -0.05) is 6.07 Å². The van der Waals surface area contributed by atoms with Crippen LogP contribution in [0.3, 0.4) is 0 Å². The summed E-state index contributed by atoms with van der Waals surface area (Å²) < 4.78 is 5.45. The lowest BCUT2D eigenvalue weighted by atomic mass is 10.0. The van der Waals surface area contributed by atoms with Crippen LogP contribution >= 0.6 is 0 Å². The average molecular weight is 363 g/mol. The predicted octanol–water partition coefficient (Wildman–Crippen LogP) is -0.152. The van der Waals surface area contributed by atoms with E-state index in [2.05, 4.69) is 4.90 Å². The van der Waals surface area contributed by atoms with Gasteiger partial charge in [0.1, 0.15) is 11.9 Å². The van der Waals surface area contributed by atoms with E-state index in [0.717, 1.165) is 12.8 Å². The molecule has 2 fully saturated rings. The van der Waals surface area contributed by atoms with E-state index in [9.17, 15) is 19.8 Å². The van der Waals surface area contributed by atoms with Gasteiger partial charge < -0.3 is 25.6 Å². The van der Waals surface area contributed by atoms with Gasteiger partial charge in [-0.3, -0.25) is 14.5 Å². The number of carbonyl (C=O) groups excluding carboxylic acids is 2. The van der Waals surface area contributed by atoms with Crippen LogP contribution in [-0.2, 0) is 9.53 Å². The van der Waals surface area contributed by atoms with E-state index < -0.39 is 12.0 Å². The highest BCUT2D eigenvalue weighted by molar-refractivity contribution is 5.95. The van der Waals surface area contributed by atoms with Crippen molar-refractivity contribution in [2.45, 2.75) is 25.0 Å². The van der Waals surface area contributed by atoms with Crippen molar-refractivity contribution >= 4 is 11.8 Å². The summed E-state index contributed by atoms with van der Waals surface area (Å²) in [6.45, 7) is 3.57. The molecule has 142 valence electrons. The van der Waals surface area contributed by atoms with Crippen molar-refractivity contribution in [3.8, 4) is 5.75 Å². The highest BCUT2D eigenvalue weighted by atomic mass is 16.5. The van der Waals surface area contributed by atoms with Crippen molar-refractivity contribution in [3.05, 3.63) is 29.3 Å². The van der Waals surface area contributed by atoms with E-state index in [1.807, 2.05) is 4.90 Å². The summed E-state index contributed by atoms with van der Waals surface area (Å²) in [5, 5.41) is 20.1. The van der Waals surface area contributed by atoms with Crippen molar-refractivity contribution in [2.75, 3.05) is 39.3 Å².